The second-order valence-corrected chi connectivity index (χ2v) is 10.7. The average Bonchev–Trinajstić information content (AvgIpc) is 3.07. The third-order valence-electron chi connectivity index (χ3n) is 7.45. The van der Waals surface area contributed by atoms with Crippen LogP contribution in [0.1, 0.15) is 28.4 Å². The van der Waals surface area contributed by atoms with Crippen LogP contribution in [-0.4, -0.2) is 42.0 Å². The first-order valence-corrected chi connectivity index (χ1v) is 14.7. The molecule has 0 aliphatic carbocycles. The molecule has 1 amide bonds. The summed E-state index contributed by atoms with van der Waals surface area (Å²) in [6.45, 7) is 6.10. The van der Waals surface area contributed by atoms with E-state index < -0.39 is 12.0 Å². The first-order chi connectivity index (χ1) is 21.8. The summed E-state index contributed by atoms with van der Waals surface area (Å²) in [5.41, 5.74) is 3.39. The minimum Gasteiger partial charge on any atom is -0.492 e. The highest BCUT2D eigenvalue weighted by atomic mass is 16.5. The molecule has 0 saturated carbocycles. The maximum atomic E-state index is 13.1. The molecule has 45 heavy (non-hydrogen) atoms. The highest BCUT2D eigenvalue weighted by molar-refractivity contribution is 6.12. The monoisotopic (exact) mass is 598 g/mol. The van der Waals surface area contributed by atoms with Crippen LogP contribution < -0.4 is 15.0 Å². The fourth-order valence-corrected chi connectivity index (χ4v) is 5.16. The summed E-state index contributed by atoms with van der Waals surface area (Å²) in [5.74, 6) is -0.802. The predicted octanol–water partition coefficient (Wildman–Crippen LogP) is 7.17. The van der Waals surface area contributed by atoms with Gasteiger partial charge in [-0.3, -0.25) is 9.59 Å². The number of aliphatic carboxylic acids is 1. The largest absolute Gasteiger partial charge is 0.492 e. The van der Waals surface area contributed by atoms with Crippen LogP contribution in [0.2, 0.25) is 0 Å². The Morgan fingerprint density at radius 2 is 1.49 bits per heavy atom. The lowest BCUT2D eigenvalue weighted by molar-refractivity contribution is -0.137. The van der Waals surface area contributed by atoms with E-state index in [0.717, 1.165) is 22.0 Å². The normalized spacial score (nSPS) is 11.4. The molecule has 0 aliphatic rings. The number of carbonyl (C=O) groups is 3. The Morgan fingerprint density at radius 3 is 2.22 bits per heavy atom. The van der Waals surface area contributed by atoms with Crippen LogP contribution >= 0.6 is 0 Å². The molecule has 0 aliphatic heterocycles. The number of carboxylic acid groups (broad SMARTS) is 1. The Labute approximate surface area is 262 Å². The Bertz CT molecular complexity index is 1830. The Hall–Kier alpha value is -5.69. The maximum Gasteiger partial charge on any atom is 0.326 e. The number of fused-ring (bicyclic) bond motifs is 1. The van der Waals surface area contributed by atoms with E-state index >= 15 is 0 Å². The number of hydrogen-bond acceptors (Lipinski definition) is 5. The van der Waals surface area contributed by atoms with Crippen LogP contribution in [0.15, 0.2) is 133 Å². The lowest BCUT2D eigenvalue weighted by atomic mass is 10.00. The lowest BCUT2D eigenvalue weighted by Crippen LogP contribution is -2.35. The van der Waals surface area contributed by atoms with Gasteiger partial charge in [0.15, 0.2) is 5.78 Å². The summed E-state index contributed by atoms with van der Waals surface area (Å²) in [6, 6.07) is 35.8. The Morgan fingerprint density at radius 1 is 0.822 bits per heavy atom. The van der Waals surface area contributed by atoms with Crippen molar-refractivity contribution in [1.29, 1.82) is 0 Å². The molecule has 0 unspecified atom stereocenters. The van der Waals surface area contributed by atoms with Crippen molar-refractivity contribution in [3.63, 3.8) is 0 Å². The van der Waals surface area contributed by atoms with Crippen molar-refractivity contribution in [3.8, 4) is 5.75 Å². The zero-order valence-electron chi connectivity index (χ0n) is 25.0. The third kappa shape index (κ3) is 7.46. The number of carbonyl (C=O) groups excluding carboxylic acids is 2. The summed E-state index contributed by atoms with van der Waals surface area (Å²) in [7, 11) is 0. The number of carboxylic acids is 1. The SMILES string of the molecule is C=C(C)C(=O)N(CCOc1ccc(C[C@H](Nc2ccccc2C(=O)c2ccccc2)C(=O)O)cc1)c1cccc2ccccc12. The number of benzene rings is 5. The van der Waals surface area contributed by atoms with Crippen LogP contribution in [0.3, 0.4) is 0 Å². The van der Waals surface area contributed by atoms with Gasteiger partial charge in [-0.1, -0.05) is 97.6 Å². The number of anilines is 2. The van der Waals surface area contributed by atoms with E-state index in [9.17, 15) is 19.5 Å². The van der Waals surface area contributed by atoms with Gasteiger partial charge < -0.3 is 20.1 Å². The quantitative estimate of drug-likeness (QED) is 0.110. The van der Waals surface area contributed by atoms with E-state index in [4.69, 9.17) is 4.74 Å². The van der Waals surface area contributed by atoms with Gasteiger partial charge in [0.2, 0.25) is 0 Å². The first-order valence-electron chi connectivity index (χ1n) is 14.7. The van der Waals surface area contributed by atoms with Crippen molar-refractivity contribution in [2.75, 3.05) is 23.4 Å². The van der Waals surface area contributed by atoms with E-state index in [-0.39, 0.29) is 24.7 Å². The highest BCUT2D eigenvalue weighted by Gasteiger charge is 2.22. The van der Waals surface area contributed by atoms with Gasteiger partial charge in [-0.15, -0.1) is 0 Å². The van der Waals surface area contributed by atoms with Crippen molar-refractivity contribution in [1.82, 2.24) is 0 Å². The number of ketones is 1. The molecule has 0 saturated heterocycles. The van der Waals surface area contributed by atoms with Gasteiger partial charge in [-0.05, 0) is 48.2 Å². The first kappa shape index (κ1) is 30.8. The van der Waals surface area contributed by atoms with Gasteiger partial charge in [-0.25, -0.2) is 4.79 Å². The van der Waals surface area contributed by atoms with E-state index in [1.807, 2.05) is 60.7 Å². The molecule has 0 bridgehead atoms. The number of hydrogen-bond donors (Lipinski definition) is 2. The molecule has 1 atom stereocenters. The summed E-state index contributed by atoms with van der Waals surface area (Å²) in [6.07, 6.45) is 0.186. The van der Waals surface area contributed by atoms with E-state index in [1.165, 1.54) is 0 Å². The summed E-state index contributed by atoms with van der Waals surface area (Å²) < 4.78 is 5.99. The Balaban J connectivity index is 1.24. The van der Waals surface area contributed by atoms with Crippen LogP contribution in [0.4, 0.5) is 11.4 Å². The number of ether oxygens (including phenoxy) is 1. The maximum absolute atomic E-state index is 13.1. The van der Waals surface area contributed by atoms with Gasteiger partial charge in [0, 0.05) is 34.2 Å². The zero-order chi connectivity index (χ0) is 31.8. The summed E-state index contributed by atoms with van der Waals surface area (Å²) in [4.78, 5) is 40.1. The van der Waals surface area contributed by atoms with Crippen LogP contribution in [0.5, 0.6) is 5.75 Å². The van der Waals surface area contributed by atoms with Crippen LogP contribution in [-0.2, 0) is 16.0 Å². The fourth-order valence-electron chi connectivity index (χ4n) is 5.16. The van der Waals surface area contributed by atoms with Crippen LogP contribution in [0.25, 0.3) is 10.8 Å². The molecule has 0 aromatic heterocycles. The van der Waals surface area contributed by atoms with Gasteiger partial charge in [0.1, 0.15) is 18.4 Å². The van der Waals surface area contributed by atoms with Gasteiger partial charge in [-0.2, -0.15) is 0 Å². The molecule has 226 valence electrons. The minimum absolute atomic E-state index is 0.176. The van der Waals surface area contributed by atoms with E-state index in [1.54, 1.807) is 72.5 Å². The molecule has 0 fully saturated rings. The average molecular weight is 599 g/mol. The second kappa shape index (κ2) is 14.2. The molecule has 0 heterocycles. The smallest absolute Gasteiger partial charge is 0.326 e. The fraction of sp³-hybridized carbons (Fsp3) is 0.132. The number of para-hydroxylation sites is 1. The molecule has 2 N–H and O–H groups in total. The molecular formula is C38H34N2O5. The molecule has 0 spiro atoms. The van der Waals surface area contributed by atoms with Crippen molar-refractivity contribution in [2.45, 2.75) is 19.4 Å². The van der Waals surface area contributed by atoms with E-state index in [2.05, 4.69) is 11.9 Å². The molecular weight excluding hydrogens is 564 g/mol. The second-order valence-electron chi connectivity index (χ2n) is 10.7. The topological polar surface area (TPSA) is 95.9 Å². The van der Waals surface area contributed by atoms with Crippen LogP contribution in [0, 0.1) is 0 Å². The molecule has 5 aromatic rings. The molecule has 7 heteroatoms. The minimum atomic E-state index is -1.03. The van der Waals surface area contributed by atoms with Gasteiger partial charge in [0.25, 0.3) is 5.91 Å². The van der Waals surface area contributed by atoms with Crippen molar-refractivity contribution in [2.24, 2.45) is 0 Å². The highest BCUT2D eigenvalue weighted by Crippen LogP contribution is 2.28. The number of nitrogens with zero attached hydrogens (tertiary/aromatic N) is 1. The molecule has 7 nitrogen and oxygen atoms in total. The predicted molar refractivity (Wildman–Crippen MR) is 178 cm³/mol. The number of rotatable bonds is 13. The number of amides is 1. The van der Waals surface area contributed by atoms with E-state index in [0.29, 0.717) is 34.7 Å². The molecule has 0 radical (unpaired) electrons. The van der Waals surface area contributed by atoms with Crippen molar-refractivity contribution >= 4 is 39.8 Å². The Kier molecular flexibility index (Phi) is 9.70. The van der Waals surface area contributed by atoms with Crippen molar-refractivity contribution in [3.05, 3.63) is 150 Å². The van der Waals surface area contributed by atoms with Crippen molar-refractivity contribution < 1.29 is 24.2 Å². The lowest BCUT2D eigenvalue weighted by Gasteiger charge is -2.24. The summed E-state index contributed by atoms with van der Waals surface area (Å²) >= 11 is 0. The zero-order valence-corrected chi connectivity index (χ0v) is 25.0. The standard InChI is InChI=1S/C38H34N2O5/c1-26(2)37(42)40(35-18-10-14-28-11-6-7-15-31(28)35)23-24-45-30-21-19-27(20-22-30)25-34(38(43)44)39-33-17-9-8-16-32(33)36(41)29-12-4-3-5-13-29/h3-22,34,39H,1,23-25H2,2H3,(H,43,44)/t34-/m0/s1. The molecule has 5 aromatic carbocycles. The summed E-state index contributed by atoms with van der Waals surface area (Å²) in [5, 5.41) is 15.1. The van der Waals surface area contributed by atoms with Gasteiger partial charge in [0.05, 0.1) is 12.2 Å². The van der Waals surface area contributed by atoms with Gasteiger partial charge >= 0.3 is 5.97 Å². The third-order valence-corrected chi connectivity index (χ3v) is 7.45. The molecule has 5 rings (SSSR count). The number of nitrogens with one attached hydrogen (secondary N) is 1.